The summed E-state index contributed by atoms with van der Waals surface area (Å²) >= 11 is 5.73. The van der Waals surface area contributed by atoms with E-state index in [0.29, 0.717) is 11.4 Å². The average molecular weight is 200 g/mol. The van der Waals surface area contributed by atoms with Gasteiger partial charge in [-0.2, -0.15) is 0 Å². The number of ether oxygens (including phenoxy) is 1. The molecule has 2 rings (SSSR count). The lowest BCUT2D eigenvalue weighted by Crippen LogP contribution is -2.08. The molecule has 13 heavy (non-hydrogen) atoms. The first kappa shape index (κ1) is 8.19. The predicted molar refractivity (Wildman–Crippen MR) is 47.2 cm³/mol. The number of aromatic carboxylic acids is 1. The van der Waals surface area contributed by atoms with Crippen molar-refractivity contribution in [3.8, 4) is 5.75 Å². The van der Waals surface area contributed by atoms with Crippen LogP contribution in [0.1, 0.15) is 10.4 Å². The van der Waals surface area contributed by atoms with Crippen LogP contribution < -0.4 is 9.16 Å². The Balaban J connectivity index is 2.47. The van der Waals surface area contributed by atoms with Gasteiger partial charge in [0.05, 0.1) is 11.3 Å². The molecule has 0 saturated carbocycles. The van der Waals surface area contributed by atoms with Gasteiger partial charge in [0, 0.05) is 11.8 Å². The fraction of sp³-hybridized carbons (Fsp3) is 0.125. The van der Waals surface area contributed by atoms with Gasteiger partial charge < -0.3 is 9.84 Å². The van der Waals surface area contributed by atoms with Crippen LogP contribution in [-0.4, -0.2) is 17.8 Å². The van der Waals surface area contributed by atoms with Gasteiger partial charge in [-0.25, -0.2) is 9.21 Å². The van der Waals surface area contributed by atoms with E-state index in [2.05, 4.69) is 0 Å². The summed E-state index contributed by atoms with van der Waals surface area (Å²) in [5.74, 6) is -0.361. The van der Waals surface area contributed by atoms with Crippen molar-refractivity contribution in [1.82, 2.24) is 0 Å². The molecule has 1 heterocycles. The standard InChI is InChI=1S/C8H6ClNO3/c9-10-4-13-7-2-1-5(8(11)12)3-6(7)10/h1-3H,4H2,(H,11,12). The Morgan fingerprint density at radius 3 is 3.08 bits per heavy atom. The summed E-state index contributed by atoms with van der Waals surface area (Å²) in [6, 6.07) is 4.57. The van der Waals surface area contributed by atoms with E-state index < -0.39 is 5.97 Å². The van der Waals surface area contributed by atoms with Gasteiger partial charge in [-0.15, -0.1) is 0 Å². The molecule has 0 aliphatic carbocycles. The lowest BCUT2D eigenvalue weighted by atomic mass is 10.2. The Bertz CT molecular complexity index is 366. The first-order chi connectivity index (χ1) is 6.18. The number of carbonyl (C=O) groups is 1. The highest BCUT2D eigenvalue weighted by Gasteiger charge is 2.20. The van der Waals surface area contributed by atoms with Gasteiger partial charge >= 0.3 is 5.97 Å². The molecular formula is C8H6ClNO3. The number of halogens is 1. The van der Waals surface area contributed by atoms with Crippen LogP contribution >= 0.6 is 11.8 Å². The van der Waals surface area contributed by atoms with E-state index in [-0.39, 0.29) is 12.3 Å². The fourth-order valence-corrected chi connectivity index (χ4v) is 1.34. The number of carboxylic acid groups (broad SMARTS) is 1. The van der Waals surface area contributed by atoms with Crippen LogP contribution in [0.5, 0.6) is 5.75 Å². The number of anilines is 1. The topological polar surface area (TPSA) is 49.8 Å². The molecule has 0 amide bonds. The van der Waals surface area contributed by atoms with E-state index in [1.165, 1.54) is 16.6 Å². The molecule has 1 N–H and O–H groups in total. The molecule has 0 spiro atoms. The highest BCUT2D eigenvalue weighted by atomic mass is 35.5. The number of nitrogens with zero attached hydrogens (tertiary/aromatic N) is 1. The fourth-order valence-electron chi connectivity index (χ4n) is 1.16. The predicted octanol–water partition coefficient (Wildman–Crippen LogP) is 1.69. The zero-order valence-electron chi connectivity index (χ0n) is 6.53. The summed E-state index contributed by atoms with van der Waals surface area (Å²) in [6.07, 6.45) is 0. The Labute approximate surface area is 79.4 Å². The van der Waals surface area contributed by atoms with Crippen LogP contribution in [0, 0.1) is 0 Å². The van der Waals surface area contributed by atoms with E-state index >= 15 is 0 Å². The van der Waals surface area contributed by atoms with Crippen molar-refractivity contribution < 1.29 is 14.6 Å². The summed E-state index contributed by atoms with van der Waals surface area (Å²) in [5.41, 5.74) is 0.802. The van der Waals surface area contributed by atoms with Gasteiger partial charge in [0.15, 0.2) is 6.73 Å². The van der Waals surface area contributed by atoms with E-state index in [1.807, 2.05) is 0 Å². The van der Waals surface area contributed by atoms with Crippen molar-refractivity contribution in [1.29, 1.82) is 0 Å². The van der Waals surface area contributed by atoms with Crippen molar-refractivity contribution in [2.24, 2.45) is 0 Å². The molecule has 68 valence electrons. The van der Waals surface area contributed by atoms with Gasteiger partial charge in [-0.05, 0) is 18.2 Å². The van der Waals surface area contributed by atoms with Crippen LogP contribution in [0.15, 0.2) is 18.2 Å². The average Bonchev–Trinajstić information content (AvgIpc) is 2.47. The number of rotatable bonds is 1. The maximum absolute atomic E-state index is 10.6. The maximum atomic E-state index is 10.6. The summed E-state index contributed by atoms with van der Waals surface area (Å²) in [7, 11) is 0. The second-order valence-electron chi connectivity index (χ2n) is 2.62. The third kappa shape index (κ3) is 1.29. The van der Waals surface area contributed by atoms with E-state index in [4.69, 9.17) is 21.6 Å². The Hall–Kier alpha value is -1.42. The normalized spacial score (nSPS) is 13.8. The molecule has 0 bridgehead atoms. The molecule has 5 heteroatoms. The van der Waals surface area contributed by atoms with Crippen LogP contribution in [0.4, 0.5) is 5.69 Å². The van der Waals surface area contributed by atoms with E-state index in [9.17, 15) is 4.79 Å². The number of carboxylic acids is 1. The first-order valence-corrected chi connectivity index (χ1v) is 3.96. The van der Waals surface area contributed by atoms with Crippen LogP contribution in [0.25, 0.3) is 0 Å². The van der Waals surface area contributed by atoms with Gasteiger partial charge in [0.1, 0.15) is 5.75 Å². The minimum atomic E-state index is -0.972. The van der Waals surface area contributed by atoms with Crippen molar-refractivity contribution in [3.63, 3.8) is 0 Å². The number of fused-ring (bicyclic) bond motifs is 1. The first-order valence-electron chi connectivity index (χ1n) is 3.62. The molecule has 0 atom stereocenters. The summed E-state index contributed by atoms with van der Waals surface area (Å²) in [6.45, 7) is 0.250. The van der Waals surface area contributed by atoms with Crippen molar-refractivity contribution in [2.75, 3.05) is 11.1 Å². The zero-order valence-corrected chi connectivity index (χ0v) is 7.28. The van der Waals surface area contributed by atoms with Gasteiger partial charge in [-0.3, -0.25) is 0 Å². The molecule has 4 nitrogen and oxygen atoms in total. The van der Waals surface area contributed by atoms with Crippen LogP contribution in [0.3, 0.4) is 0 Å². The zero-order chi connectivity index (χ0) is 9.42. The number of benzene rings is 1. The largest absolute Gasteiger partial charge is 0.478 e. The van der Waals surface area contributed by atoms with Crippen LogP contribution in [0.2, 0.25) is 0 Å². The molecular weight excluding hydrogens is 194 g/mol. The summed E-state index contributed by atoms with van der Waals surface area (Å²) in [5, 5.41) is 8.70. The third-order valence-corrected chi connectivity index (χ3v) is 2.08. The Morgan fingerprint density at radius 2 is 2.38 bits per heavy atom. The van der Waals surface area contributed by atoms with Crippen LogP contribution in [-0.2, 0) is 0 Å². The Morgan fingerprint density at radius 1 is 1.62 bits per heavy atom. The minimum absolute atomic E-state index is 0.204. The third-order valence-electron chi connectivity index (χ3n) is 1.80. The lowest BCUT2D eigenvalue weighted by molar-refractivity contribution is 0.0697. The van der Waals surface area contributed by atoms with Crippen molar-refractivity contribution >= 4 is 23.4 Å². The van der Waals surface area contributed by atoms with E-state index in [0.717, 1.165) is 0 Å². The van der Waals surface area contributed by atoms with Gasteiger partial charge in [-0.1, -0.05) is 0 Å². The molecule has 0 fully saturated rings. The summed E-state index contributed by atoms with van der Waals surface area (Å²) < 4.78 is 6.48. The number of hydrogen-bond donors (Lipinski definition) is 1. The molecule has 1 aromatic rings. The molecule has 0 radical (unpaired) electrons. The molecule has 1 aliphatic heterocycles. The highest BCUT2D eigenvalue weighted by Crippen LogP contribution is 2.35. The molecule has 0 aromatic heterocycles. The van der Waals surface area contributed by atoms with Crippen molar-refractivity contribution in [3.05, 3.63) is 23.8 Å². The van der Waals surface area contributed by atoms with Gasteiger partial charge in [0.2, 0.25) is 0 Å². The van der Waals surface area contributed by atoms with Crippen molar-refractivity contribution in [2.45, 2.75) is 0 Å². The monoisotopic (exact) mass is 199 g/mol. The maximum Gasteiger partial charge on any atom is 0.335 e. The minimum Gasteiger partial charge on any atom is -0.478 e. The second-order valence-corrected chi connectivity index (χ2v) is 3.03. The highest BCUT2D eigenvalue weighted by molar-refractivity contribution is 6.26. The smallest absolute Gasteiger partial charge is 0.335 e. The SMILES string of the molecule is O=C(O)c1ccc2c(c1)N(Cl)CO2. The molecule has 0 unspecified atom stereocenters. The number of hydrogen-bond acceptors (Lipinski definition) is 3. The molecule has 1 aliphatic rings. The lowest BCUT2D eigenvalue weighted by Gasteiger charge is -2.03. The molecule has 0 saturated heterocycles. The second kappa shape index (κ2) is 2.81. The molecule has 1 aromatic carbocycles. The van der Waals surface area contributed by atoms with Gasteiger partial charge in [0.25, 0.3) is 0 Å². The quantitative estimate of drug-likeness (QED) is 0.700. The Kier molecular flexibility index (Phi) is 1.77. The summed E-state index contributed by atoms with van der Waals surface area (Å²) in [4.78, 5) is 10.6. The van der Waals surface area contributed by atoms with E-state index in [1.54, 1.807) is 6.07 Å².